The number of hydrogen-bond acceptors (Lipinski definition) is 7. The topological polar surface area (TPSA) is 138 Å². The highest BCUT2D eigenvalue weighted by Crippen LogP contribution is 2.41. The highest BCUT2D eigenvalue weighted by Gasteiger charge is 2.34. The largest absolute Gasteiger partial charge is 0.507 e. The van der Waals surface area contributed by atoms with Crippen LogP contribution in [0.1, 0.15) is 82.2 Å². The van der Waals surface area contributed by atoms with Crippen LogP contribution >= 0.6 is 0 Å². The molecule has 1 fully saturated rings. The number of fused-ring (bicyclic) bond motifs is 1. The van der Waals surface area contributed by atoms with E-state index in [2.05, 4.69) is 25.8 Å². The summed E-state index contributed by atoms with van der Waals surface area (Å²) >= 11 is 0. The van der Waals surface area contributed by atoms with Crippen molar-refractivity contribution in [3.63, 3.8) is 0 Å². The zero-order chi connectivity index (χ0) is 27.6. The van der Waals surface area contributed by atoms with Crippen LogP contribution < -0.4 is 15.4 Å². The van der Waals surface area contributed by atoms with Crippen LogP contribution in [0.3, 0.4) is 0 Å². The number of phenolic OH excluding ortho intramolecular Hbond substituents is 1. The summed E-state index contributed by atoms with van der Waals surface area (Å²) in [4.78, 5) is 29.7. The van der Waals surface area contributed by atoms with E-state index in [-0.39, 0.29) is 41.2 Å². The molecule has 38 heavy (non-hydrogen) atoms. The van der Waals surface area contributed by atoms with Gasteiger partial charge in [-0.05, 0) is 77.8 Å². The second kappa shape index (κ2) is 11.0. The van der Waals surface area contributed by atoms with Gasteiger partial charge in [-0.2, -0.15) is 5.10 Å². The number of H-pyrrole nitrogens is 1. The fraction of sp³-hybridized carbons (Fsp3) is 0.571. The number of alkyl carbamates (subject to hydrolysis) is 1. The zero-order valence-corrected chi connectivity index (χ0v) is 23.1. The van der Waals surface area contributed by atoms with Gasteiger partial charge in [0.05, 0.1) is 7.11 Å². The molecule has 2 aliphatic rings. The number of ether oxygens (including phenoxy) is 2. The molecule has 2 aromatic rings. The van der Waals surface area contributed by atoms with Gasteiger partial charge in [-0.25, -0.2) is 4.79 Å². The Kier molecular flexibility index (Phi) is 7.99. The predicted molar refractivity (Wildman–Crippen MR) is 145 cm³/mol. The number of aromatic nitrogens is 2. The molecule has 206 valence electrons. The van der Waals surface area contributed by atoms with Gasteiger partial charge in [0.25, 0.3) is 0 Å². The number of benzene rings is 1. The molecule has 2 aliphatic carbocycles. The Balaban J connectivity index is 1.38. The van der Waals surface area contributed by atoms with Gasteiger partial charge < -0.3 is 25.2 Å². The number of aromatic amines is 1. The summed E-state index contributed by atoms with van der Waals surface area (Å²) in [5, 5.41) is 23.7. The first-order valence-corrected chi connectivity index (χ1v) is 13.2. The van der Waals surface area contributed by atoms with Crippen molar-refractivity contribution in [3.8, 4) is 11.5 Å². The number of hydrogen-bond donors (Lipinski definition) is 4. The number of anilines is 1. The molecular formula is C28H39N5O5. The van der Waals surface area contributed by atoms with Crippen LogP contribution in [0.5, 0.6) is 11.5 Å². The lowest BCUT2D eigenvalue weighted by atomic mass is 10.0. The van der Waals surface area contributed by atoms with Gasteiger partial charge in [-0.15, -0.1) is 0 Å². The Morgan fingerprint density at radius 3 is 2.63 bits per heavy atom. The molecule has 0 aliphatic heterocycles. The normalized spacial score (nSPS) is 21.1. The van der Waals surface area contributed by atoms with Crippen LogP contribution in [0.15, 0.2) is 17.1 Å². The maximum Gasteiger partial charge on any atom is 0.407 e. The van der Waals surface area contributed by atoms with E-state index in [4.69, 9.17) is 9.47 Å². The number of carbonyl (C=O) groups is 2. The first-order chi connectivity index (χ1) is 17.9. The van der Waals surface area contributed by atoms with Crippen molar-refractivity contribution in [2.45, 2.75) is 90.3 Å². The molecule has 0 saturated heterocycles. The van der Waals surface area contributed by atoms with Gasteiger partial charge in [0, 0.05) is 53.0 Å². The van der Waals surface area contributed by atoms with E-state index in [0.717, 1.165) is 29.7 Å². The Hall–Kier alpha value is -3.56. The number of rotatable bonds is 7. The molecule has 3 atom stereocenters. The monoisotopic (exact) mass is 525 g/mol. The lowest BCUT2D eigenvalue weighted by molar-refractivity contribution is -0.119. The molecule has 0 spiro atoms. The first-order valence-electron chi connectivity index (χ1n) is 13.2. The van der Waals surface area contributed by atoms with Gasteiger partial charge in [-0.1, -0.05) is 0 Å². The van der Waals surface area contributed by atoms with Gasteiger partial charge in [0.1, 0.15) is 17.6 Å². The number of carbonyl (C=O) groups excluding carboxylic acids is 2. The standard InChI is InChI=1S/C28H39N5O5/c1-15(2)29-14-21-19-10-17(11-20(19)24(37-6)13-23(21)34)26(35)30-25-12-22(32-33-25)16-7-8-18(9-16)38-27(36)31-28(3,4)5/h12-18,34H,7-11H2,1-6H3,(H,31,36)(H2,30,32,33,35)/t16?,17?,18-/m1/s1. The average Bonchev–Trinajstić information content (AvgIpc) is 3.56. The van der Waals surface area contributed by atoms with Crippen LogP contribution in [0.2, 0.25) is 0 Å². The number of phenols is 1. The summed E-state index contributed by atoms with van der Waals surface area (Å²) in [6.07, 6.45) is 4.45. The summed E-state index contributed by atoms with van der Waals surface area (Å²) < 4.78 is 11.1. The van der Waals surface area contributed by atoms with Crippen LogP contribution in [-0.4, -0.2) is 58.3 Å². The van der Waals surface area contributed by atoms with Crippen molar-refractivity contribution in [1.29, 1.82) is 0 Å². The number of methoxy groups -OCH3 is 1. The second-order valence-electron chi connectivity index (χ2n) is 11.6. The third-order valence-corrected chi connectivity index (χ3v) is 6.95. The molecule has 10 nitrogen and oxygen atoms in total. The minimum Gasteiger partial charge on any atom is -0.507 e. The molecule has 0 bridgehead atoms. The maximum atomic E-state index is 13.2. The van der Waals surface area contributed by atoms with Crippen molar-refractivity contribution < 1.29 is 24.2 Å². The Labute approximate surface area is 223 Å². The van der Waals surface area contributed by atoms with Gasteiger partial charge in [-0.3, -0.25) is 14.9 Å². The minimum atomic E-state index is -0.401. The van der Waals surface area contributed by atoms with E-state index in [0.29, 0.717) is 36.4 Å². The van der Waals surface area contributed by atoms with Crippen LogP contribution in [0.4, 0.5) is 10.6 Å². The molecule has 2 amide bonds. The summed E-state index contributed by atoms with van der Waals surface area (Å²) in [6.45, 7) is 9.67. The van der Waals surface area contributed by atoms with E-state index in [9.17, 15) is 14.7 Å². The minimum absolute atomic E-state index is 0.0869. The van der Waals surface area contributed by atoms with E-state index in [1.54, 1.807) is 19.4 Å². The fourth-order valence-corrected chi connectivity index (χ4v) is 5.17. The number of nitrogens with one attached hydrogen (secondary N) is 3. The molecule has 2 unspecified atom stereocenters. The fourth-order valence-electron chi connectivity index (χ4n) is 5.17. The van der Waals surface area contributed by atoms with Crippen molar-refractivity contribution in [2.24, 2.45) is 10.9 Å². The Morgan fingerprint density at radius 2 is 1.95 bits per heavy atom. The highest BCUT2D eigenvalue weighted by molar-refractivity contribution is 5.94. The molecule has 0 radical (unpaired) electrons. The molecular weight excluding hydrogens is 486 g/mol. The summed E-state index contributed by atoms with van der Waals surface area (Å²) in [5.41, 5.74) is 3.02. The Bertz CT molecular complexity index is 1210. The smallest absolute Gasteiger partial charge is 0.407 e. The summed E-state index contributed by atoms with van der Waals surface area (Å²) in [7, 11) is 1.56. The molecule has 10 heteroatoms. The van der Waals surface area contributed by atoms with Crippen LogP contribution in [0, 0.1) is 5.92 Å². The van der Waals surface area contributed by atoms with E-state index >= 15 is 0 Å². The summed E-state index contributed by atoms with van der Waals surface area (Å²) in [5.74, 6) is 0.846. The van der Waals surface area contributed by atoms with Gasteiger partial charge >= 0.3 is 6.09 Å². The Morgan fingerprint density at radius 1 is 1.21 bits per heavy atom. The molecule has 4 rings (SSSR count). The highest BCUT2D eigenvalue weighted by atomic mass is 16.6. The van der Waals surface area contributed by atoms with Crippen molar-refractivity contribution >= 4 is 24.0 Å². The van der Waals surface area contributed by atoms with Crippen LogP contribution in [-0.2, 0) is 22.4 Å². The first kappa shape index (κ1) is 27.5. The van der Waals surface area contributed by atoms with Gasteiger partial charge in [0.15, 0.2) is 5.82 Å². The van der Waals surface area contributed by atoms with Gasteiger partial charge in [0.2, 0.25) is 5.91 Å². The molecule has 1 saturated carbocycles. The maximum absolute atomic E-state index is 13.2. The van der Waals surface area contributed by atoms with Crippen molar-refractivity contribution in [2.75, 3.05) is 12.4 Å². The lowest BCUT2D eigenvalue weighted by Gasteiger charge is -2.22. The molecule has 1 aromatic carbocycles. The average molecular weight is 526 g/mol. The van der Waals surface area contributed by atoms with E-state index < -0.39 is 6.09 Å². The molecule has 1 heterocycles. The quantitative estimate of drug-likeness (QED) is 0.394. The third-order valence-electron chi connectivity index (χ3n) is 6.95. The van der Waals surface area contributed by atoms with Crippen LogP contribution in [0.25, 0.3) is 0 Å². The zero-order valence-electron chi connectivity index (χ0n) is 23.1. The molecule has 1 aromatic heterocycles. The van der Waals surface area contributed by atoms with Crippen molar-refractivity contribution in [3.05, 3.63) is 34.5 Å². The second-order valence-corrected chi connectivity index (χ2v) is 11.6. The third kappa shape index (κ3) is 6.46. The van der Waals surface area contributed by atoms with Crippen molar-refractivity contribution in [1.82, 2.24) is 15.5 Å². The number of nitrogens with zero attached hydrogens (tertiary/aromatic N) is 2. The van der Waals surface area contributed by atoms with E-state index in [1.165, 1.54) is 0 Å². The molecule has 4 N–H and O–H groups in total. The predicted octanol–water partition coefficient (Wildman–Crippen LogP) is 4.47. The number of aromatic hydroxyl groups is 1. The number of aliphatic imine (C=N–C) groups is 1. The number of amides is 2. The summed E-state index contributed by atoms with van der Waals surface area (Å²) in [6, 6.07) is 3.53. The SMILES string of the molecule is COc1cc(O)c(C=NC(C)C)c2c1CC(C(=O)Nc1cc(C3CC[C@@H](OC(=O)NC(C)(C)C)C3)[nH]n1)C2. The van der Waals surface area contributed by atoms with E-state index in [1.807, 2.05) is 40.7 Å². The lowest BCUT2D eigenvalue weighted by Crippen LogP contribution is -2.42.